The fourth-order valence-corrected chi connectivity index (χ4v) is 8.64. The van der Waals surface area contributed by atoms with Crippen LogP contribution in [0.5, 0.6) is 0 Å². The maximum atomic E-state index is 10.3. The first-order valence-corrected chi connectivity index (χ1v) is 21.1. The second kappa shape index (κ2) is 16.0. The Kier molecular flexibility index (Phi) is 7.31. The van der Waals surface area contributed by atoms with E-state index in [1.165, 1.54) is 0 Å². The van der Waals surface area contributed by atoms with Gasteiger partial charge in [0.1, 0.15) is 5.82 Å². The van der Waals surface area contributed by atoms with Gasteiger partial charge in [-0.25, -0.2) is 4.98 Å². The van der Waals surface area contributed by atoms with E-state index in [0.29, 0.717) is 16.7 Å². The summed E-state index contributed by atoms with van der Waals surface area (Å²) in [4.78, 5) is 7.07. The van der Waals surface area contributed by atoms with Gasteiger partial charge in [-0.05, 0) is 106 Å². The molecule has 0 saturated heterocycles. The summed E-state index contributed by atoms with van der Waals surface area (Å²) in [7, 11) is 0. The lowest BCUT2D eigenvalue weighted by atomic mass is 9.88. The topological polar surface area (TPSA) is 53.7 Å². The molecule has 0 bridgehead atoms. The molecule has 11 rings (SSSR count). The van der Waals surface area contributed by atoms with Crippen LogP contribution in [0.25, 0.3) is 72.3 Å². The van der Waals surface area contributed by atoms with Gasteiger partial charge in [0.05, 0.1) is 53.2 Å². The molecule has 0 amide bonds. The Morgan fingerprint density at radius 1 is 0.615 bits per heavy atom. The van der Waals surface area contributed by atoms with Crippen molar-refractivity contribution >= 4 is 49.9 Å². The molecule has 310 valence electrons. The molecule has 0 saturated carbocycles. The minimum Gasteiger partial charge on any atom is -0.311 e. The van der Waals surface area contributed by atoms with E-state index in [0.717, 1.165) is 50.2 Å². The number of rotatable bonds is 8. The Hall–Kier alpha value is -8.53. The van der Waals surface area contributed by atoms with Crippen LogP contribution in [0.3, 0.4) is 0 Å². The van der Waals surface area contributed by atoms with Crippen molar-refractivity contribution in [2.45, 2.75) is 26.2 Å². The smallest absolute Gasteiger partial charge is 0.269 e. The first-order chi connectivity index (χ1) is 36.0. The number of fused-ring (bicyclic) bond motifs is 4. The quantitative estimate of drug-likeness (QED) is 0.113. The Bertz CT molecular complexity index is 4060. The molecule has 0 aliphatic heterocycles. The summed E-state index contributed by atoms with van der Waals surface area (Å²) in [5.41, 5.74) is 7.23. The molecule has 65 heavy (non-hydrogen) atoms. The first-order valence-electron chi connectivity index (χ1n) is 26.1. The predicted octanol–water partition coefficient (Wildman–Crippen LogP) is 14.2. The molecule has 6 nitrogen and oxygen atoms in total. The minimum atomic E-state index is -0.596. The molecule has 0 unspecified atom stereocenters. The molecule has 0 N–H and O–H groups in total. The van der Waals surface area contributed by atoms with Crippen molar-refractivity contribution in [3.63, 3.8) is 0 Å². The zero-order valence-electron chi connectivity index (χ0n) is 45.6. The second-order valence-corrected chi connectivity index (χ2v) is 16.7. The van der Waals surface area contributed by atoms with Crippen LogP contribution in [0.1, 0.15) is 45.6 Å². The van der Waals surface area contributed by atoms with Gasteiger partial charge in [-0.3, -0.25) is 13.7 Å². The van der Waals surface area contributed by atoms with Crippen LogP contribution in [0.4, 0.5) is 17.1 Å². The zero-order valence-corrected chi connectivity index (χ0v) is 35.6. The highest BCUT2D eigenvalue weighted by Gasteiger charge is 2.23. The van der Waals surface area contributed by atoms with Crippen molar-refractivity contribution in [1.29, 1.82) is 5.26 Å². The Balaban J connectivity index is 1.16. The number of nitriles is 1. The van der Waals surface area contributed by atoms with E-state index in [9.17, 15) is 5.26 Å². The summed E-state index contributed by atoms with van der Waals surface area (Å²) in [6, 6.07) is 43.1. The van der Waals surface area contributed by atoms with E-state index in [1.54, 1.807) is 45.5 Å². The highest BCUT2D eigenvalue weighted by molar-refractivity contribution is 6.10. The van der Waals surface area contributed by atoms with E-state index < -0.39 is 60.4 Å². The normalized spacial score (nSPS) is 13.8. The molecular formula is C59H44N6. The summed E-state index contributed by atoms with van der Waals surface area (Å²) in [5.74, 6) is 0.796. The summed E-state index contributed by atoms with van der Waals surface area (Å²) in [6.45, 7) is 6.56. The zero-order chi connectivity index (χ0) is 52.8. The van der Waals surface area contributed by atoms with Gasteiger partial charge in [0, 0.05) is 39.6 Å². The highest BCUT2D eigenvalue weighted by Crippen LogP contribution is 2.41. The van der Waals surface area contributed by atoms with Gasteiger partial charge in [-0.2, -0.15) is 5.26 Å². The maximum Gasteiger partial charge on any atom is 0.269 e. The Morgan fingerprint density at radius 3 is 2.00 bits per heavy atom. The summed E-state index contributed by atoms with van der Waals surface area (Å²) in [5, 5.41) is 12.5. The summed E-state index contributed by atoms with van der Waals surface area (Å²) < 4.78 is 93.4. The van der Waals surface area contributed by atoms with Gasteiger partial charge in [0.2, 0.25) is 0 Å². The number of benzene rings is 8. The SMILES string of the molecule is [2H]c1c([2H])c([2H])c(-c2cccc(-c3c([2H])c([2H])c([2H])c([2H])c3[2H])c2-[n+]2[c-]n(-c3cccc(N(c4ccccc4)c4ccc5c6ccccc6n(-c6cc(C(C)(C)C)ccn6)c5c4)c3)c3ccc(C#N)cc32)c([2H])c1[2H]. The molecule has 0 fully saturated rings. The van der Waals surface area contributed by atoms with E-state index in [4.69, 9.17) is 18.7 Å². The standard InChI is InChI=1S/C59H44N6/c1-59(2,3)44-33-34-61-57(36-44)65-53-28-14-13-25-51(53)52-31-30-48(38-55(52)65)64(45-21-11-6-12-22-45)47-24-15-23-46(37-47)62-40-63(56-35-41(39-60)29-32-54(56)62)58-49(42-17-7-4-8-18-42)26-16-27-50(58)43-19-9-5-10-20-43/h4-38H,1-3H3/i4D,5D,7D,8D,9D,10D,17D,18D,19D,20D. The summed E-state index contributed by atoms with van der Waals surface area (Å²) in [6.07, 6.45) is 5.33. The molecule has 3 heterocycles. The maximum absolute atomic E-state index is 10.3. The fourth-order valence-electron chi connectivity index (χ4n) is 8.64. The van der Waals surface area contributed by atoms with E-state index in [-0.39, 0.29) is 38.9 Å². The van der Waals surface area contributed by atoms with Gasteiger partial charge in [-0.15, -0.1) is 0 Å². The average molecular weight is 847 g/mol. The molecule has 0 atom stereocenters. The molecule has 3 aromatic heterocycles. The van der Waals surface area contributed by atoms with Crippen molar-refractivity contribution in [3.05, 3.63) is 230 Å². The summed E-state index contributed by atoms with van der Waals surface area (Å²) >= 11 is 0. The van der Waals surface area contributed by atoms with Crippen molar-refractivity contribution in [2.75, 3.05) is 4.90 Å². The molecule has 0 aliphatic carbocycles. The van der Waals surface area contributed by atoms with Crippen molar-refractivity contribution in [2.24, 2.45) is 0 Å². The van der Waals surface area contributed by atoms with Gasteiger partial charge in [0.15, 0.2) is 0 Å². The highest BCUT2D eigenvalue weighted by atomic mass is 15.2. The van der Waals surface area contributed by atoms with Crippen LogP contribution in [0.2, 0.25) is 0 Å². The Labute approximate surface area is 392 Å². The monoisotopic (exact) mass is 846 g/mol. The van der Waals surface area contributed by atoms with Crippen LogP contribution in [-0.4, -0.2) is 14.1 Å². The van der Waals surface area contributed by atoms with Crippen LogP contribution in [0.15, 0.2) is 212 Å². The predicted molar refractivity (Wildman–Crippen MR) is 265 cm³/mol. The lowest BCUT2D eigenvalue weighted by Crippen LogP contribution is -2.31. The van der Waals surface area contributed by atoms with Gasteiger partial charge in [0.25, 0.3) is 6.33 Å². The van der Waals surface area contributed by atoms with E-state index >= 15 is 0 Å². The number of anilines is 3. The second-order valence-electron chi connectivity index (χ2n) is 16.7. The molecule has 8 aromatic carbocycles. The third-order valence-corrected chi connectivity index (χ3v) is 11.7. The van der Waals surface area contributed by atoms with E-state index in [2.05, 4.69) is 85.1 Å². The molecule has 11 aromatic rings. The number of aromatic nitrogens is 4. The third-order valence-electron chi connectivity index (χ3n) is 11.7. The number of hydrogen-bond acceptors (Lipinski definition) is 3. The minimum absolute atomic E-state index is 0.0936. The fraction of sp³-hybridized carbons (Fsp3) is 0.0678. The van der Waals surface area contributed by atoms with Crippen LogP contribution in [-0.2, 0) is 5.41 Å². The average Bonchev–Trinajstić information content (AvgIpc) is 3.96. The van der Waals surface area contributed by atoms with Crippen molar-refractivity contribution < 1.29 is 18.3 Å². The van der Waals surface area contributed by atoms with Crippen LogP contribution >= 0.6 is 0 Å². The first kappa shape index (κ1) is 29.7. The number of para-hydroxylation sites is 3. The van der Waals surface area contributed by atoms with Gasteiger partial charge in [-0.1, -0.05) is 154 Å². The number of pyridine rings is 1. The number of imidazole rings is 1. The Morgan fingerprint density at radius 2 is 1.28 bits per heavy atom. The molecular weight excluding hydrogens is 793 g/mol. The lowest BCUT2D eigenvalue weighted by molar-refractivity contribution is -0.571. The van der Waals surface area contributed by atoms with Crippen LogP contribution < -0.4 is 9.47 Å². The molecule has 0 spiro atoms. The molecule has 0 aliphatic rings. The van der Waals surface area contributed by atoms with Crippen LogP contribution in [0, 0.1) is 17.7 Å². The number of hydrogen-bond donors (Lipinski definition) is 0. The van der Waals surface area contributed by atoms with Crippen molar-refractivity contribution in [1.82, 2.24) is 14.1 Å². The van der Waals surface area contributed by atoms with E-state index in [1.807, 2.05) is 72.9 Å². The molecule has 6 heteroatoms. The van der Waals surface area contributed by atoms with Gasteiger partial charge >= 0.3 is 0 Å². The van der Waals surface area contributed by atoms with Crippen molar-refractivity contribution in [3.8, 4) is 45.5 Å². The molecule has 0 radical (unpaired) electrons. The van der Waals surface area contributed by atoms with Gasteiger partial charge < -0.3 is 4.90 Å². The lowest BCUT2D eigenvalue weighted by Gasteiger charge is -2.26. The number of nitrogens with zero attached hydrogens (tertiary/aromatic N) is 6. The third kappa shape index (κ3) is 7.00. The largest absolute Gasteiger partial charge is 0.311 e.